The first-order chi connectivity index (χ1) is 13.6. The van der Waals surface area contributed by atoms with E-state index in [4.69, 9.17) is 9.97 Å². The van der Waals surface area contributed by atoms with Gasteiger partial charge in [-0.25, -0.2) is 4.98 Å². The van der Waals surface area contributed by atoms with Gasteiger partial charge in [0.25, 0.3) is 0 Å². The number of piperidine rings is 1. The third kappa shape index (κ3) is 3.50. The van der Waals surface area contributed by atoms with Crippen molar-refractivity contribution in [3.8, 4) is 6.07 Å². The van der Waals surface area contributed by atoms with Gasteiger partial charge in [0, 0.05) is 25.3 Å². The highest BCUT2D eigenvalue weighted by atomic mass is 15.3. The van der Waals surface area contributed by atoms with Crippen LogP contribution in [0.1, 0.15) is 32.8 Å². The molecule has 2 atom stereocenters. The van der Waals surface area contributed by atoms with Crippen LogP contribution in [-0.4, -0.2) is 32.6 Å². The van der Waals surface area contributed by atoms with Crippen LogP contribution >= 0.6 is 0 Å². The molecule has 0 saturated carbocycles. The van der Waals surface area contributed by atoms with Crippen molar-refractivity contribution in [2.75, 3.05) is 23.3 Å². The second-order valence-electron chi connectivity index (χ2n) is 7.74. The lowest BCUT2D eigenvalue weighted by Gasteiger charge is -2.35. The summed E-state index contributed by atoms with van der Waals surface area (Å²) in [5.41, 5.74) is 2.99. The Balaban J connectivity index is 1.78. The van der Waals surface area contributed by atoms with Crippen LogP contribution in [0.2, 0.25) is 0 Å². The van der Waals surface area contributed by atoms with E-state index < -0.39 is 0 Å². The maximum absolute atomic E-state index is 9.17. The van der Waals surface area contributed by atoms with E-state index in [2.05, 4.69) is 42.0 Å². The molecule has 1 N–H and O–H groups in total. The molecule has 4 rings (SSSR count). The molecule has 1 aromatic carbocycles. The fourth-order valence-electron chi connectivity index (χ4n) is 4.02. The molecule has 144 valence electrons. The molecule has 2 unspecified atom stereocenters. The number of aryl methyl sites for hydroxylation is 1. The van der Waals surface area contributed by atoms with Gasteiger partial charge in [-0.3, -0.25) is 0 Å². The Kier molecular flexibility index (Phi) is 4.86. The Labute approximate surface area is 165 Å². The van der Waals surface area contributed by atoms with Gasteiger partial charge in [0.15, 0.2) is 17.0 Å². The van der Waals surface area contributed by atoms with Crippen molar-refractivity contribution in [2.45, 2.75) is 33.7 Å². The first-order valence-electron chi connectivity index (χ1n) is 9.82. The third-order valence-corrected chi connectivity index (χ3v) is 5.20. The molecular formula is C21H25N7. The van der Waals surface area contributed by atoms with Crippen molar-refractivity contribution >= 4 is 28.6 Å². The molecule has 28 heavy (non-hydrogen) atoms. The van der Waals surface area contributed by atoms with E-state index in [1.165, 1.54) is 6.42 Å². The van der Waals surface area contributed by atoms with Crippen molar-refractivity contribution in [1.82, 2.24) is 19.5 Å². The SMILES string of the molecule is CCn1cnc2c(Nc3cccc(C#N)c3)nc(N3CC(C)CC(C)C3)nc21. The number of benzene rings is 1. The number of hydrogen-bond donors (Lipinski definition) is 1. The van der Waals surface area contributed by atoms with Gasteiger partial charge >= 0.3 is 0 Å². The highest BCUT2D eigenvalue weighted by molar-refractivity contribution is 5.86. The summed E-state index contributed by atoms with van der Waals surface area (Å²) in [6, 6.07) is 9.56. The van der Waals surface area contributed by atoms with Crippen molar-refractivity contribution in [3.05, 3.63) is 36.2 Å². The van der Waals surface area contributed by atoms with E-state index in [0.29, 0.717) is 23.2 Å². The van der Waals surface area contributed by atoms with Gasteiger partial charge in [-0.1, -0.05) is 19.9 Å². The Hall–Kier alpha value is -3.14. The summed E-state index contributed by atoms with van der Waals surface area (Å²) in [7, 11) is 0. The predicted molar refractivity (Wildman–Crippen MR) is 111 cm³/mol. The minimum atomic E-state index is 0.605. The summed E-state index contributed by atoms with van der Waals surface area (Å²) in [5.74, 6) is 2.64. The molecule has 7 nitrogen and oxygen atoms in total. The van der Waals surface area contributed by atoms with Gasteiger partial charge in [0.2, 0.25) is 5.95 Å². The largest absolute Gasteiger partial charge is 0.340 e. The van der Waals surface area contributed by atoms with Gasteiger partial charge in [0.1, 0.15) is 0 Å². The van der Waals surface area contributed by atoms with Gasteiger partial charge in [-0.2, -0.15) is 15.2 Å². The molecule has 1 fully saturated rings. The molecule has 0 radical (unpaired) electrons. The average Bonchev–Trinajstić information content (AvgIpc) is 3.11. The standard InChI is InChI=1S/C21H25N7/c1-4-27-13-23-18-19(24-17-7-5-6-16(9-17)10-22)25-21(26-20(18)27)28-11-14(2)8-15(3)12-28/h5-7,9,13-15H,4,8,11-12H2,1-3H3,(H,24,25,26). The van der Waals surface area contributed by atoms with Crippen LogP contribution in [0.5, 0.6) is 0 Å². The zero-order valence-electron chi connectivity index (χ0n) is 16.6. The zero-order chi connectivity index (χ0) is 19.7. The molecule has 0 spiro atoms. The lowest BCUT2D eigenvalue weighted by molar-refractivity contribution is 0.354. The van der Waals surface area contributed by atoms with E-state index in [9.17, 15) is 5.26 Å². The molecule has 3 heterocycles. The number of nitriles is 1. The van der Waals surface area contributed by atoms with E-state index >= 15 is 0 Å². The van der Waals surface area contributed by atoms with Gasteiger partial charge in [-0.05, 0) is 43.4 Å². The number of anilines is 3. The summed E-state index contributed by atoms with van der Waals surface area (Å²) in [4.78, 5) is 16.5. The molecule has 0 bridgehead atoms. The normalized spacial score (nSPS) is 19.6. The molecule has 0 amide bonds. The lowest BCUT2D eigenvalue weighted by Crippen LogP contribution is -2.39. The van der Waals surface area contributed by atoms with Gasteiger partial charge in [0.05, 0.1) is 18.0 Å². The molecule has 1 aliphatic rings. The van der Waals surface area contributed by atoms with E-state index in [1.54, 1.807) is 6.07 Å². The smallest absolute Gasteiger partial charge is 0.229 e. The minimum Gasteiger partial charge on any atom is -0.340 e. The van der Waals surface area contributed by atoms with Crippen LogP contribution in [0.4, 0.5) is 17.5 Å². The van der Waals surface area contributed by atoms with E-state index in [-0.39, 0.29) is 0 Å². The number of hydrogen-bond acceptors (Lipinski definition) is 6. The Bertz CT molecular complexity index is 1020. The summed E-state index contributed by atoms with van der Waals surface area (Å²) >= 11 is 0. The maximum atomic E-state index is 9.17. The Morgan fingerprint density at radius 2 is 2.00 bits per heavy atom. The molecule has 0 aliphatic carbocycles. The minimum absolute atomic E-state index is 0.605. The maximum Gasteiger partial charge on any atom is 0.229 e. The average molecular weight is 375 g/mol. The molecular weight excluding hydrogens is 350 g/mol. The summed E-state index contributed by atoms with van der Waals surface area (Å²) in [5, 5.41) is 12.5. The second-order valence-corrected chi connectivity index (χ2v) is 7.74. The molecule has 7 heteroatoms. The number of nitrogens with one attached hydrogen (secondary N) is 1. The highest BCUT2D eigenvalue weighted by Crippen LogP contribution is 2.29. The van der Waals surface area contributed by atoms with Crippen LogP contribution < -0.4 is 10.2 Å². The van der Waals surface area contributed by atoms with Crippen molar-refractivity contribution in [3.63, 3.8) is 0 Å². The predicted octanol–water partition coefficient (Wildman–Crippen LogP) is 3.94. The van der Waals surface area contributed by atoms with Crippen LogP contribution in [0.15, 0.2) is 30.6 Å². The Morgan fingerprint density at radius 3 is 2.71 bits per heavy atom. The quantitative estimate of drug-likeness (QED) is 0.744. The first-order valence-corrected chi connectivity index (χ1v) is 9.82. The zero-order valence-corrected chi connectivity index (χ0v) is 16.6. The van der Waals surface area contributed by atoms with Crippen molar-refractivity contribution in [2.24, 2.45) is 11.8 Å². The topological polar surface area (TPSA) is 82.7 Å². The van der Waals surface area contributed by atoms with Crippen LogP contribution in [0.25, 0.3) is 11.2 Å². The number of imidazole rings is 1. The summed E-state index contributed by atoms with van der Waals surface area (Å²) < 4.78 is 2.04. The molecule has 3 aromatic rings. The number of aromatic nitrogens is 4. The fourth-order valence-corrected chi connectivity index (χ4v) is 4.02. The van der Waals surface area contributed by atoms with Crippen LogP contribution in [0, 0.1) is 23.2 Å². The fraction of sp³-hybridized carbons (Fsp3) is 0.429. The third-order valence-electron chi connectivity index (χ3n) is 5.20. The monoisotopic (exact) mass is 375 g/mol. The number of fused-ring (bicyclic) bond motifs is 1. The molecule has 2 aromatic heterocycles. The summed E-state index contributed by atoms with van der Waals surface area (Å²) in [6.45, 7) is 9.35. The number of nitrogens with zero attached hydrogens (tertiary/aromatic N) is 6. The van der Waals surface area contributed by atoms with Gasteiger partial charge < -0.3 is 14.8 Å². The van der Waals surface area contributed by atoms with E-state index in [0.717, 1.165) is 42.4 Å². The van der Waals surface area contributed by atoms with Gasteiger partial charge in [-0.15, -0.1) is 0 Å². The molecule has 1 saturated heterocycles. The Morgan fingerprint density at radius 1 is 1.21 bits per heavy atom. The molecule has 1 aliphatic heterocycles. The summed E-state index contributed by atoms with van der Waals surface area (Å²) in [6.07, 6.45) is 3.04. The van der Waals surface area contributed by atoms with Crippen LogP contribution in [0.3, 0.4) is 0 Å². The second kappa shape index (κ2) is 7.47. The van der Waals surface area contributed by atoms with Crippen molar-refractivity contribution < 1.29 is 0 Å². The van der Waals surface area contributed by atoms with Crippen LogP contribution in [-0.2, 0) is 6.54 Å². The number of rotatable bonds is 4. The van der Waals surface area contributed by atoms with E-state index in [1.807, 2.05) is 29.1 Å². The lowest BCUT2D eigenvalue weighted by atomic mass is 9.92. The first kappa shape index (κ1) is 18.2. The highest BCUT2D eigenvalue weighted by Gasteiger charge is 2.25. The van der Waals surface area contributed by atoms with Crippen molar-refractivity contribution in [1.29, 1.82) is 5.26 Å².